The number of benzene rings is 1. The molecule has 3 aliphatic carbocycles. The standard InChI is InChI=1S/C24H27N5O2/c1-15-6-4-9-22(29-24(30)28(3)26-27-29)21(15)14-31-25-16(2)17-10-11-20-13-19-8-5-7-18(12-17)23(19)20/h4-7,9-10,12,19-20,23H,8,11,13-14H2,1-3H3/b25-16-/t19-,20-,23-/m1/s1. The molecule has 31 heavy (non-hydrogen) atoms. The van der Waals surface area contributed by atoms with Crippen molar-refractivity contribution in [3.05, 3.63) is 75.3 Å². The highest BCUT2D eigenvalue weighted by molar-refractivity contribution is 6.00. The van der Waals surface area contributed by atoms with Crippen LogP contribution < -0.4 is 5.69 Å². The number of hydrogen-bond acceptors (Lipinski definition) is 5. The molecule has 2 aromatic rings. The topological polar surface area (TPSA) is 74.3 Å². The summed E-state index contributed by atoms with van der Waals surface area (Å²) in [6.45, 7) is 4.23. The van der Waals surface area contributed by atoms with E-state index in [0.29, 0.717) is 11.6 Å². The molecule has 0 N–H and O–H groups in total. The van der Waals surface area contributed by atoms with Crippen molar-refractivity contribution in [3.8, 4) is 5.69 Å². The van der Waals surface area contributed by atoms with Gasteiger partial charge < -0.3 is 4.84 Å². The molecule has 0 amide bonds. The maximum Gasteiger partial charge on any atom is 0.368 e. The van der Waals surface area contributed by atoms with Crippen LogP contribution >= 0.6 is 0 Å². The molecule has 3 aliphatic rings. The monoisotopic (exact) mass is 417 g/mol. The van der Waals surface area contributed by atoms with E-state index in [4.69, 9.17) is 4.84 Å². The lowest BCUT2D eigenvalue weighted by Gasteiger charge is -2.46. The number of rotatable bonds is 5. The summed E-state index contributed by atoms with van der Waals surface area (Å²) in [5, 5.41) is 12.2. The average molecular weight is 418 g/mol. The first-order valence-electron chi connectivity index (χ1n) is 10.9. The largest absolute Gasteiger partial charge is 0.391 e. The molecule has 3 atom stereocenters. The zero-order valence-corrected chi connectivity index (χ0v) is 18.2. The number of aryl methyl sites for hydroxylation is 2. The van der Waals surface area contributed by atoms with Crippen LogP contribution in [0.25, 0.3) is 5.69 Å². The lowest BCUT2D eigenvalue weighted by atomic mass is 9.58. The van der Waals surface area contributed by atoms with Crippen molar-refractivity contribution in [2.24, 2.45) is 30.0 Å². The molecule has 0 unspecified atom stereocenters. The Bertz CT molecular complexity index is 1200. The number of tetrazole rings is 1. The Morgan fingerprint density at radius 3 is 2.90 bits per heavy atom. The first-order chi connectivity index (χ1) is 15.0. The summed E-state index contributed by atoms with van der Waals surface area (Å²) in [6.07, 6.45) is 12.8. The Morgan fingerprint density at radius 1 is 1.26 bits per heavy atom. The minimum atomic E-state index is -0.296. The normalized spacial score (nSPS) is 24.6. The van der Waals surface area contributed by atoms with E-state index < -0.39 is 0 Å². The molecular weight excluding hydrogens is 390 g/mol. The first-order valence-corrected chi connectivity index (χ1v) is 10.9. The number of hydrogen-bond donors (Lipinski definition) is 0. The van der Waals surface area contributed by atoms with E-state index >= 15 is 0 Å². The van der Waals surface area contributed by atoms with Gasteiger partial charge in [-0.05, 0) is 90.1 Å². The second-order valence-electron chi connectivity index (χ2n) is 8.78. The van der Waals surface area contributed by atoms with Crippen molar-refractivity contribution in [1.82, 2.24) is 19.8 Å². The summed E-state index contributed by atoms with van der Waals surface area (Å²) in [7, 11) is 1.58. The molecule has 0 radical (unpaired) electrons. The summed E-state index contributed by atoms with van der Waals surface area (Å²) < 4.78 is 2.50. The van der Waals surface area contributed by atoms with E-state index in [2.05, 4.69) is 39.9 Å². The Labute approximate surface area is 181 Å². The highest BCUT2D eigenvalue weighted by Crippen LogP contribution is 2.52. The summed E-state index contributed by atoms with van der Waals surface area (Å²) in [6, 6.07) is 5.73. The zero-order chi connectivity index (χ0) is 21.5. The van der Waals surface area contributed by atoms with Gasteiger partial charge in [-0.3, -0.25) is 0 Å². The van der Waals surface area contributed by atoms with Gasteiger partial charge >= 0.3 is 5.69 Å². The second-order valence-corrected chi connectivity index (χ2v) is 8.78. The van der Waals surface area contributed by atoms with E-state index in [1.54, 1.807) is 7.05 Å². The van der Waals surface area contributed by atoms with Gasteiger partial charge in [0.1, 0.15) is 6.61 Å². The highest BCUT2D eigenvalue weighted by atomic mass is 16.6. The molecule has 1 aromatic carbocycles. The lowest BCUT2D eigenvalue weighted by molar-refractivity contribution is 0.107. The molecule has 1 aromatic heterocycles. The van der Waals surface area contributed by atoms with Gasteiger partial charge in [0, 0.05) is 12.6 Å². The van der Waals surface area contributed by atoms with Crippen molar-refractivity contribution in [2.75, 3.05) is 0 Å². The molecule has 0 aliphatic heterocycles. The average Bonchev–Trinajstić information content (AvgIpc) is 2.96. The SMILES string of the molecule is C/C(=N/OCc1c(C)cccc1-n1nnn(C)c1=O)C1=CC[C@@H]2C[C@H]3CC=CC(=C1)[C@H]32. The number of allylic oxidation sites excluding steroid dienone is 6. The molecule has 1 heterocycles. The van der Waals surface area contributed by atoms with E-state index in [9.17, 15) is 4.79 Å². The van der Waals surface area contributed by atoms with Crippen molar-refractivity contribution in [2.45, 2.75) is 39.7 Å². The molecule has 0 saturated heterocycles. The van der Waals surface area contributed by atoms with Crippen molar-refractivity contribution in [3.63, 3.8) is 0 Å². The van der Waals surface area contributed by atoms with Crippen LogP contribution in [0, 0.1) is 24.7 Å². The van der Waals surface area contributed by atoms with Gasteiger partial charge in [0.15, 0.2) is 0 Å². The van der Waals surface area contributed by atoms with Gasteiger partial charge in [-0.15, -0.1) is 0 Å². The highest BCUT2D eigenvalue weighted by Gasteiger charge is 2.43. The molecule has 160 valence electrons. The fourth-order valence-electron chi connectivity index (χ4n) is 5.09. The molecule has 1 saturated carbocycles. The number of nitrogens with zero attached hydrogens (tertiary/aromatic N) is 5. The van der Waals surface area contributed by atoms with Gasteiger partial charge in [0.25, 0.3) is 0 Å². The third-order valence-electron chi connectivity index (χ3n) is 6.88. The Hall–Kier alpha value is -3.22. The van der Waals surface area contributed by atoms with Gasteiger partial charge in [0.05, 0.1) is 11.4 Å². The van der Waals surface area contributed by atoms with Gasteiger partial charge in [-0.2, -0.15) is 9.36 Å². The Morgan fingerprint density at radius 2 is 2.10 bits per heavy atom. The van der Waals surface area contributed by atoms with Gasteiger partial charge in [-0.25, -0.2) is 4.79 Å². The molecular formula is C24H27N5O2. The Balaban J connectivity index is 1.36. The molecule has 7 heteroatoms. The van der Waals surface area contributed by atoms with E-state index in [0.717, 1.165) is 40.7 Å². The fourth-order valence-corrected chi connectivity index (χ4v) is 5.09. The maximum absolute atomic E-state index is 12.3. The lowest BCUT2D eigenvalue weighted by Crippen LogP contribution is -2.38. The van der Waals surface area contributed by atoms with Gasteiger partial charge in [-0.1, -0.05) is 35.5 Å². The van der Waals surface area contributed by atoms with E-state index in [-0.39, 0.29) is 12.3 Å². The van der Waals surface area contributed by atoms with E-state index in [1.807, 2.05) is 32.0 Å². The van der Waals surface area contributed by atoms with Crippen molar-refractivity contribution < 1.29 is 4.84 Å². The quantitative estimate of drug-likeness (QED) is 0.550. The molecule has 0 bridgehead atoms. The third kappa shape index (κ3) is 3.48. The van der Waals surface area contributed by atoms with Crippen LogP contribution in [0.15, 0.2) is 63.6 Å². The molecule has 7 nitrogen and oxygen atoms in total. The minimum absolute atomic E-state index is 0.249. The van der Waals surface area contributed by atoms with Crippen LogP contribution in [0.2, 0.25) is 0 Å². The third-order valence-corrected chi connectivity index (χ3v) is 6.88. The number of oxime groups is 1. The van der Waals surface area contributed by atoms with Crippen LogP contribution in [-0.4, -0.2) is 25.5 Å². The summed E-state index contributed by atoms with van der Waals surface area (Å²) in [5.74, 6) is 2.31. The van der Waals surface area contributed by atoms with Crippen molar-refractivity contribution in [1.29, 1.82) is 0 Å². The number of aromatic nitrogens is 4. The minimum Gasteiger partial charge on any atom is -0.391 e. The molecule has 0 spiro atoms. The molecule has 5 rings (SSSR count). The Kier molecular flexibility index (Phi) is 4.96. The predicted molar refractivity (Wildman–Crippen MR) is 119 cm³/mol. The smallest absolute Gasteiger partial charge is 0.368 e. The summed E-state index contributed by atoms with van der Waals surface area (Å²) >= 11 is 0. The fraction of sp³-hybridized carbons (Fsp3) is 0.417. The van der Waals surface area contributed by atoms with Crippen molar-refractivity contribution >= 4 is 5.71 Å². The van der Waals surface area contributed by atoms with Crippen LogP contribution in [0.5, 0.6) is 0 Å². The zero-order valence-electron chi connectivity index (χ0n) is 18.2. The summed E-state index contributed by atoms with van der Waals surface area (Å²) in [5.41, 5.74) is 5.70. The van der Waals surface area contributed by atoms with Crippen LogP contribution in [0.4, 0.5) is 0 Å². The van der Waals surface area contributed by atoms with Crippen LogP contribution in [0.1, 0.15) is 37.3 Å². The van der Waals surface area contributed by atoms with Crippen LogP contribution in [0.3, 0.4) is 0 Å². The van der Waals surface area contributed by atoms with Gasteiger partial charge in [0.2, 0.25) is 0 Å². The first kappa shape index (κ1) is 19.7. The van der Waals surface area contributed by atoms with E-state index in [1.165, 1.54) is 27.8 Å². The van der Waals surface area contributed by atoms with Crippen LogP contribution in [-0.2, 0) is 18.5 Å². The second kappa shape index (κ2) is 7.80. The molecule has 1 fully saturated rings. The maximum atomic E-state index is 12.3. The predicted octanol–water partition coefficient (Wildman–Crippen LogP) is 3.64. The summed E-state index contributed by atoms with van der Waals surface area (Å²) in [4.78, 5) is 18.1.